The molecule has 1 aromatic heterocycles. The maximum absolute atomic E-state index is 12.8. The Balaban J connectivity index is 1.98. The van der Waals surface area contributed by atoms with Crippen LogP contribution in [-0.4, -0.2) is 41.3 Å². The molecule has 0 N–H and O–H groups in total. The number of nitriles is 1. The van der Waals surface area contributed by atoms with Gasteiger partial charge in [-0.1, -0.05) is 6.07 Å². The second-order valence-electron chi connectivity index (χ2n) is 4.92. The molecule has 1 aliphatic rings. The maximum atomic E-state index is 12.8. The van der Waals surface area contributed by atoms with Crippen molar-refractivity contribution in [3.63, 3.8) is 0 Å². The van der Waals surface area contributed by atoms with Crippen molar-refractivity contribution in [2.24, 2.45) is 0 Å². The van der Waals surface area contributed by atoms with Gasteiger partial charge in [-0.2, -0.15) is 18.4 Å². The van der Waals surface area contributed by atoms with E-state index < -0.39 is 11.7 Å². The third-order valence-corrected chi connectivity index (χ3v) is 3.42. The van der Waals surface area contributed by atoms with Gasteiger partial charge in [0, 0.05) is 13.1 Å². The van der Waals surface area contributed by atoms with Gasteiger partial charge in [0.15, 0.2) is 5.82 Å². The number of nitrogens with zero attached hydrogens (tertiary/aromatic N) is 5. The normalized spacial score (nSPS) is 15.5. The molecule has 1 fully saturated rings. The molecule has 2 aromatic rings. The van der Waals surface area contributed by atoms with Crippen LogP contribution in [0.5, 0.6) is 0 Å². The van der Waals surface area contributed by atoms with Crippen LogP contribution in [0, 0.1) is 11.3 Å². The summed E-state index contributed by atoms with van der Waals surface area (Å²) in [5.41, 5.74) is -0.570. The molecular formula is C14H12F3N5O. The first kappa shape index (κ1) is 15.3. The summed E-state index contributed by atoms with van der Waals surface area (Å²) in [6.45, 7) is 2.11. The van der Waals surface area contributed by atoms with Gasteiger partial charge in [-0.05, 0) is 18.2 Å². The summed E-state index contributed by atoms with van der Waals surface area (Å²) in [6, 6.07) is 6.59. The van der Waals surface area contributed by atoms with Gasteiger partial charge in [-0.25, -0.2) is 0 Å². The zero-order chi connectivity index (χ0) is 16.4. The van der Waals surface area contributed by atoms with Gasteiger partial charge < -0.3 is 9.64 Å². The summed E-state index contributed by atoms with van der Waals surface area (Å²) in [7, 11) is 0. The van der Waals surface area contributed by atoms with Crippen molar-refractivity contribution in [2.75, 3.05) is 31.2 Å². The van der Waals surface area contributed by atoms with Gasteiger partial charge in [0.25, 0.3) is 0 Å². The number of hydrogen-bond donors (Lipinski definition) is 0. The number of rotatable bonds is 2. The van der Waals surface area contributed by atoms with Crippen LogP contribution in [0.2, 0.25) is 0 Å². The van der Waals surface area contributed by atoms with Gasteiger partial charge in [0.1, 0.15) is 6.07 Å². The van der Waals surface area contributed by atoms with Crippen molar-refractivity contribution < 1.29 is 17.9 Å². The molecule has 0 aliphatic carbocycles. The van der Waals surface area contributed by atoms with Crippen LogP contribution >= 0.6 is 0 Å². The molecule has 0 amide bonds. The molecule has 23 heavy (non-hydrogen) atoms. The number of anilines is 1. The summed E-state index contributed by atoms with van der Waals surface area (Å²) < 4.78 is 43.6. The monoisotopic (exact) mass is 323 g/mol. The summed E-state index contributed by atoms with van der Waals surface area (Å²) in [5.74, 6) is 0.355. The first-order valence-corrected chi connectivity index (χ1v) is 6.87. The molecule has 120 valence electrons. The summed E-state index contributed by atoms with van der Waals surface area (Å²) in [5, 5.41) is 17.4. The second kappa shape index (κ2) is 5.89. The predicted octanol–water partition coefficient (Wildman–Crippen LogP) is 1.99. The van der Waals surface area contributed by atoms with Gasteiger partial charge in [0.05, 0.1) is 24.5 Å². The number of benzene rings is 1. The number of ether oxygens (including phenoxy) is 1. The van der Waals surface area contributed by atoms with E-state index in [-0.39, 0.29) is 11.4 Å². The van der Waals surface area contributed by atoms with Gasteiger partial charge in [0.2, 0.25) is 5.69 Å². The summed E-state index contributed by atoms with van der Waals surface area (Å²) in [4.78, 5) is 2.89. The minimum Gasteiger partial charge on any atom is -0.378 e. The van der Waals surface area contributed by atoms with Crippen molar-refractivity contribution in [2.45, 2.75) is 6.18 Å². The van der Waals surface area contributed by atoms with Crippen molar-refractivity contribution in [1.82, 2.24) is 15.0 Å². The Hall–Kier alpha value is -2.60. The topological polar surface area (TPSA) is 67.0 Å². The largest absolute Gasteiger partial charge is 0.416 e. The Morgan fingerprint density at radius 3 is 2.57 bits per heavy atom. The third-order valence-electron chi connectivity index (χ3n) is 3.42. The van der Waals surface area contributed by atoms with E-state index in [0.29, 0.717) is 32.1 Å². The van der Waals surface area contributed by atoms with Crippen LogP contribution in [0.3, 0.4) is 0 Å². The average Bonchev–Trinajstić information content (AvgIpc) is 2.99. The lowest BCUT2D eigenvalue weighted by Crippen LogP contribution is -2.37. The highest BCUT2D eigenvalue weighted by atomic mass is 19.4. The Bertz CT molecular complexity index is 744. The van der Waals surface area contributed by atoms with Crippen LogP contribution < -0.4 is 4.90 Å². The highest BCUT2D eigenvalue weighted by molar-refractivity contribution is 5.50. The molecule has 2 heterocycles. The highest BCUT2D eigenvalue weighted by Crippen LogP contribution is 2.30. The van der Waals surface area contributed by atoms with Crippen molar-refractivity contribution in [1.29, 1.82) is 5.26 Å². The Morgan fingerprint density at radius 2 is 1.91 bits per heavy atom. The van der Waals surface area contributed by atoms with E-state index in [0.717, 1.165) is 16.9 Å². The zero-order valence-electron chi connectivity index (χ0n) is 11.9. The van der Waals surface area contributed by atoms with Gasteiger partial charge >= 0.3 is 6.18 Å². The molecule has 9 heteroatoms. The maximum Gasteiger partial charge on any atom is 0.416 e. The SMILES string of the molecule is N#Cc1nn(-c2cccc(C(F)(F)F)c2)nc1N1CCOCC1. The van der Waals surface area contributed by atoms with E-state index in [4.69, 9.17) is 4.74 Å². The van der Waals surface area contributed by atoms with E-state index in [2.05, 4.69) is 10.2 Å². The fourth-order valence-electron chi connectivity index (χ4n) is 2.28. The molecule has 0 spiro atoms. The van der Waals surface area contributed by atoms with Crippen molar-refractivity contribution >= 4 is 5.82 Å². The molecule has 6 nitrogen and oxygen atoms in total. The van der Waals surface area contributed by atoms with Crippen LogP contribution in [0.15, 0.2) is 24.3 Å². The predicted molar refractivity (Wildman–Crippen MR) is 74.1 cm³/mol. The number of alkyl halides is 3. The van der Waals surface area contributed by atoms with Crippen LogP contribution in [0.4, 0.5) is 19.0 Å². The molecule has 1 saturated heterocycles. The average molecular weight is 323 g/mol. The summed E-state index contributed by atoms with van der Waals surface area (Å²) >= 11 is 0. The molecule has 0 saturated carbocycles. The lowest BCUT2D eigenvalue weighted by molar-refractivity contribution is -0.137. The summed E-state index contributed by atoms with van der Waals surface area (Å²) in [6.07, 6.45) is -4.45. The molecule has 1 aromatic carbocycles. The minimum absolute atomic E-state index is 0.0734. The number of hydrogen-bond acceptors (Lipinski definition) is 5. The lowest BCUT2D eigenvalue weighted by Gasteiger charge is -2.26. The number of aromatic nitrogens is 3. The quantitative estimate of drug-likeness (QED) is 0.845. The van der Waals surface area contributed by atoms with E-state index >= 15 is 0 Å². The Morgan fingerprint density at radius 1 is 1.17 bits per heavy atom. The standard InChI is InChI=1S/C14H12F3N5O/c15-14(16,17)10-2-1-3-11(8-10)22-19-12(9-18)13(20-22)21-4-6-23-7-5-21/h1-3,8H,4-7H2. The lowest BCUT2D eigenvalue weighted by atomic mass is 10.2. The minimum atomic E-state index is -4.45. The van der Waals surface area contributed by atoms with E-state index in [1.807, 2.05) is 11.0 Å². The van der Waals surface area contributed by atoms with Crippen molar-refractivity contribution in [3.05, 3.63) is 35.5 Å². The molecule has 0 bridgehead atoms. The molecule has 0 radical (unpaired) electrons. The molecule has 1 aliphatic heterocycles. The fraction of sp³-hybridized carbons (Fsp3) is 0.357. The van der Waals surface area contributed by atoms with Crippen LogP contribution in [0.25, 0.3) is 5.69 Å². The van der Waals surface area contributed by atoms with Gasteiger partial charge in [-0.15, -0.1) is 15.0 Å². The first-order chi connectivity index (χ1) is 11.0. The second-order valence-corrected chi connectivity index (χ2v) is 4.92. The number of halogens is 3. The zero-order valence-corrected chi connectivity index (χ0v) is 11.9. The van der Waals surface area contributed by atoms with Crippen molar-refractivity contribution in [3.8, 4) is 11.8 Å². The molecule has 0 unspecified atom stereocenters. The van der Waals surface area contributed by atoms with E-state index in [1.165, 1.54) is 12.1 Å². The highest BCUT2D eigenvalue weighted by Gasteiger charge is 2.31. The van der Waals surface area contributed by atoms with Gasteiger partial charge in [-0.3, -0.25) is 0 Å². The Labute approximate surface area is 129 Å². The first-order valence-electron chi connectivity index (χ1n) is 6.87. The molecule has 0 atom stereocenters. The van der Waals surface area contributed by atoms with E-state index in [1.54, 1.807) is 0 Å². The molecular weight excluding hydrogens is 311 g/mol. The van der Waals surface area contributed by atoms with Crippen LogP contribution in [-0.2, 0) is 10.9 Å². The fourth-order valence-corrected chi connectivity index (χ4v) is 2.28. The smallest absolute Gasteiger partial charge is 0.378 e. The van der Waals surface area contributed by atoms with Crippen LogP contribution in [0.1, 0.15) is 11.3 Å². The van der Waals surface area contributed by atoms with E-state index in [9.17, 15) is 18.4 Å². The number of morpholine rings is 1. The third kappa shape index (κ3) is 3.12. The Kier molecular flexibility index (Phi) is 3.92. The molecule has 3 rings (SSSR count).